The van der Waals surface area contributed by atoms with Crippen molar-refractivity contribution in [2.45, 2.75) is 39.7 Å². The molecule has 0 aromatic carbocycles. The van der Waals surface area contributed by atoms with Crippen LogP contribution in [0.2, 0.25) is 0 Å². The maximum Gasteiger partial charge on any atom is 0.317 e. The minimum absolute atomic E-state index is 0.0451. The van der Waals surface area contributed by atoms with Crippen molar-refractivity contribution in [3.8, 4) is 0 Å². The van der Waals surface area contributed by atoms with Gasteiger partial charge < -0.3 is 15.4 Å². The Morgan fingerprint density at radius 3 is 2.62 bits per heavy atom. The molecule has 0 spiro atoms. The predicted molar refractivity (Wildman–Crippen MR) is 62.9 cm³/mol. The lowest BCUT2D eigenvalue weighted by molar-refractivity contribution is 0.180. The van der Waals surface area contributed by atoms with E-state index in [0.29, 0.717) is 19.5 Å². The van der Waals surface area contributed by atoms with E-state index < -0.39 is 0 Å². The van der Waals surface area contributed by atoms with Gasteiger partial charge in [-0.05, 0) is 20.8 Å². The summed E-state index contributed by atoms with van der Waals surface area (Å²) in [5.41, 5.74) is 0.561. The second-order valence-electron chi connectivity index (χ2n) is 5.37. The van der Waals surface area contributed by atoms with Gasteiger partial charge in [-0.25, -0.2) is 4.79 Å². The zero-order chi connectivity index (χ0) is 12.3. The Morgan fingerprint density at radius 2 is 2.19 bits per heavy atom. The van der Waals surface area contributed by atoms with Crippen LogP contribution in [0.4, 0.5) is 4.79 Å². The van der Waals surface area contributed by atoms with E-state index in [2.05, 4.69) is 10.5 Å². The van der Waals surface area contributed by atoms with Crippen LogP contribution >= 0.6 is 0 Å². The number of hydrogen-bond acceptors (Lipinski definition) is 3. The lowest BCUT2D eigenvalue weighted by Gasteiger charge is -2.34. The summed E-state index contributed by atoms with van der Waals surface area (Å²) in [5, 5.41) is 14.9. The molecule has 1 aliphatic heterocycles. The zero-order valence-electron chi connectivity index (χ0n) is 10.4. The van der Waals surface area contributed by atoms with Crippen molar-refractivity contribution in [2.75, 3.05) is 13.1 Å². The number of nitrogens with one attached hydrogen (secondary N) is 1. The lowest BCUT2D eigenvalue weighted by atomic mass is 9.98. The van der Waals surface area contributed by atoms with Crippen LogP contribution < -0.4 is 5.32 Å². The third-order valence-electron chi connectivity index (χ3n) is 2.60. The summed E-state index contributed by atoms with van der Waals surface area (Å²) in [4.78, 5) is 13.6. The second-order valence-corrected chi connectivity index (χ2v) is 5.37. The highest BCUT2D eigenvalue weighted by atomic mass is 16.4. The number of urea groups is 1. The standard InChI is InChI=1S/C11H21N3O2/c1-8-7-14(6-5-9(8)13-16)10(15)12-11(2,3)4/h8,16H,5-7H2,1-4H3,(H,12,15). The van der Waals surface area contributed by atoms with Crippen molar-refractivity contribution in [1.82, 2.24) is 10.2 Å². The van der Waals surface area contributed by atoms with E-state index in [1.54, 1.807) is 4.90 Å². The van der Waals surface area contributed by atoms with Gasteiger partial charge in [0.2, 0.25) is 0 Å². The SMILES string of the molecule is CC1CN(C(=O)NC(C)(C)C)CCC1=NO. The first kappa shape index (κ1) is 12.8. The minimum atomic E-state index is -0.217. The van der Waals surface area contributed by atoms with Crippen LogP contribution in [0.3, 0.4) is 0 Å². The highest BCUT2D eigenvalue weighted by Crippen LogP contribution is 2.14. The minimum Gasteiger partial charge on any atom is -0.411 e. The molecule has 16 heavy (non-hydrogen) atoms. The van der Waals surface area contributed by atoms with Crippen molar-refractivity contribution in [3.05, 3.63) is 0 Å². The van der Waals surface area contributed by atoms with E-state index in [1.807, 2.05) is 27.7 Å². The van der Waals surface area contributed by atoms with Crippen LogP contribution in [0, 0.1) is 5.92 Å². The largest absolute Gasteiger partial charge is 0.411 e. The molecule has 0 saturated carbocycles. The summed E-state index contributed by atoms with van der Waals surface area (Å²) in [5.74, 6) is 0.129. The van der Waals surface area contributed by atoms with E-state index in [9.17, 15) is 4.79 Å². The molecule has 1 rings (SSSR count). The molecular formula is C11H21N3O2. The number of carbonyl (C=O) groups excluding carboxylic acids is 1. The fraction of sp³-hybridized carbons (Fsp3) is 0.818. The molecule has 1 heterocycles. The van der Waals surface area contributed by atoms with Crippen molar-refractivity contribution < 1.29 is 10.0 Å². The van der Waals surface area contributed by atoms with E-state index in [1.165, 1.54) is 0 Å². The molecule has 5 nitrogen and oxygen atoms in total. The summed E-state index contributed by atoms with van der Waals surface area (Å²) in [7, 11) is 0. The molecule has 92 valence electrons. The molecule has 1 saturated heterocycles. The Balaban J connectivity index is 2.55. The number of nitrogens with zero attached hydrogens (tertiary/aromatic N) is 2. The van der Waals surface area contributed by atoms with Gasteiger partial charge in [0.1, 0.15) is 0 Å². The molecule has 1 atom stereocenters. The fourth-order valence-electron chi connectivity index (χ4n) is 1.76. The Labute approximate surface area is 96.5 Å². The van der Waals surface area contributed by atoms with E-state index in [-0.39, 0.29) is 17.5 Å². The smallest absolute Gasteiger partial charge is 0.317 e. The highest BCUT2D eigenvalue weighted by molar-refractivity contribution is 5.88. The van der Waals surface area contributed by atoms with Gasteiger partial charge in [-0.3, -0.25) is 0 Å². The number of rotatable bonds is 0. The molecule has 5 heteroatoms. The Bertz CT molecular complexity index is 294. The molecule has 0 bridgehead atoms. The quantitative estimate of drug-likeness (QED) is 0.488. The Kier molecular flexibility index (Phi) is 3.78. The van der Waals surface area contributed by atoms with Gasteiger partial charge in [-0.1, -0.05) is 12.1 Å². The molecule has 2 amide bonds. The molecule has 2 N–H and O–H groups in total. The van der Waals surface area contributed by atoms with Gasteiger partial charge in [-0.15, -0.1) is 0 Å². The van der Waals surface area contributed by atoms with Gasteiger partial charge in [0.05, 0.1) is 5.71 Å². The summed E-state index contributed by atoms with van der Waals surface area (Å²) < 4.78 is 0. The number of hydrogen-bond donors (Lipinski definition) is 2. The maximum absolute atomic E-state index is 11.9. The van der Waals surface area contributed by atoms with Crippen LogP contribution in [0.25, 0.3) is 0 Å². The average molecular weight is 227 g/mol. The van der Waals surface area contributed by atoms with Crippen molar-refractivity contribution >= 4 is 11.7 Å². The van der Waals surface area contributed by atoms with Gasteiger partial charge in [-0.2, -0.15) is 0 Å². The van der Waals surface area contributed by atoms with Crippen molar-refractivity contribution in [2.24, 2.45) is 11.1 Å². The topological polar surface area (TPSA) is 64.9 Å². The van der Waals surface area contributed by atoms with Crippen molar-refractivity contribution in [3.63, 3.8) is 0 Å². The van der Waals surface area contributed by atoms with E-state index in [4.69, 9.17) is 5.21 Å². The second kappa shape index (κ2) is 4.72. The third kappa shape index (κ3) is 3.40. The summed E-state index contributed by atoms with van der Waals surface area (Å²) in [6.45, 7) is 9.06. The highest BCUT2D eigenvalue weighted by Gasteiger charge is 2.27. The number of oxime groups is 1. The summed E-state index contributed by atoms with van der Waals surface area (Å²) in [6.07, 6.45) is 0.648. The maximum atomic E-state index is 11.9. The predicted octanol–water partition coefficient (Wildman–Crippen LogP) is 1.67. The normalized spacial score (nSPS) is 24.6. The van der Waals surface area contributed by atoms with Crippen molar-refractivity contribution in [1.29, 1.82) is 0 Å². The van der Waals surface area contributed by atoms with Gasteiger partial charge >= 0.3 is 6.03 Å². The zero-order valence-corrected chi connectivity index (χ0v) is 10.4. The number of amides is 2. The van der Waals surface area contributed by atoms with Crippen LogP contribution in [-0.4, -0.2) is 40.5 Å². The lowest BCUT2D eigenvalue weighted by Crippen LogP contribution is -2.52. The average Bonchev–Trinajstić information content (AvgIpc) is 2.15. The van der Waals surface area contributed by atoms with Crippen LogP contribution in [-0.2, 0) is 0 Å². The molecule has 1 fully saturated rings. The molecular weight excluding hydrogens is 206 g/mol. The van der Waals surface area contributed by atoms with Gasteiger partial charge in [0, 0.05) is 31.0 Å². The fourth-order valence-corrected chi connectivity index (χ4v) is 1.76. The van der Waals surface area contributed by atoms with Crippen LogP contribution in [0.1, 0.15) is 34.1 Å². The Hall–Kier alpha value is -1.26. The van der Waals surface area contributed by atoms with Crippen LogP contribution in [0.15, 0.2) is 5.16 Å². The monoisotopic (exact) mass is 227 g/mol. The van der Waals surface area contributed by atoms with Gasteiger partial charge in [0.15, 0.2) is 0 Å². The van der Waals surface area contributed by atoms with E-state index in [0.717, 1.165) is 5.71 Å². The first-order valence-electron chi connectivity index (χ1n) is 5.61. The van der Waals surface area contributed by atoms with Crippen LogP contribution in [0.5, 0.6) is 0 Å². The number of likely N-dealkylation sites (tertiary alicyclic amines) is 1. The number of piperidine rings is 1. The summed E-state index contributed by atoms with van der Waals surface area (Å²) >= 11 is 0. The molecule has 0 aromatic rings. The molecule has 0 radical (unpaired) electrons. The molecule has 0 aliphatic carbocycles. The third-order valence-corrected chi connectivity index (χ3v) is 2.60. The van der Waals surface area contributed by atoms with E-state index >= 15 is 0 Å². The summed E-state index contributed by atoms with van der Waals surface area (Å²) in [6, 6.07) is -0.0451. The number of carbonyl (C=O) groups is 1. The Morgan fingerprint density at radius 1 is 1.56 bits per heavy atom. The molecule has 1 aliphatic rings. The first-order valence-corrected chi connectivity index (χ1v) is 5.61. The molecule has 0 aromatic heterocycles. The first-order chi connectivity index (χ1) is 7.33. The van der Waals surface area contributed by atoms with Gasteiger partial charge in [0.25, 0.3) is 0 Å². The molecule has 1 unspecified atom stereocenters.